The first-order chi connectivity index (χ1) is 8.58. The fourth-order valence-corrected chi connectivity index (χ4v) is 2.68. The van der Waals surface area contributed by atoms with E-state index in [1.54, 1.807) is 0 Å². The maximum Gasteiger partial charge on any atom is 0.220 e. The zero-order valence-corrected chi connectivity index (χ0v) is 12.3. The first-order valence-corrected chi connectivity index (χ1v) is 7.49. The Morgan fingerprint density at radius 3 is 2.44 bits per heavy atom. The predicted molar refractivity (Wildman–Crippen MR) is 76.5 cm³/mol. The first-order valence-electron chi connectivity index (χ1n) is 7.49. The molecular weight excluding hydrogens is 224 g/mol. The highest BCUT2D eigenvalue weighted by molar-refractivity contribution is 5.75. The molecule has 18 heavy (non-hydrogen) atoms. The van der Waals surface area contributed by atoms with Crippen LogP contribution in [0.15, 0.2) is 0 Å². The molecule has 0 spiro atoms. The third-order valence-electron chi connectivity index (χ3n) is 4.06. The van der Waals surface area contributed by atoms with Crippen LogP contribution >= 0.6 is 0 Å². The van der Waals surface area contributed by atoms with Crippen molar-refractivity contribution in [2.75, 3.05) is 20.1 Å². The summed E-state index contributed by atoms with van der Waals surface area (Å²) >= 11 is 0. The molecule has 1 aliphatic rings. The van der Waals surface area contributed by atoms with Crippen LogP contribution in [0.1, 0.15) is 58.8 Å². The van der Waals surface area contributed by atoms with Crippen LogP contribution in [0.3, 0.4) is 0 Å². The van der Waals surface area contributed by atoms with Gasteiger partial charge in [0.1, 0.15) is 0 Å². The Labute approximate surface area is 112 Å². The highest BCUT2D eigenvalue weighted by Crippen LogP contribution is 2.39. The summed E-state index contributed by atoms with van der Waals surface area (Å²) in [5.41, 5.74) is 0.350. The SMILES string of the molecule is CNCC1(CNC(=O)CCCCC(C)C)CCC1. The van der Waals surface area contributed by atoms with Gasteiger partial charge in [-0.3, -0.25) is 4.79 Å². The molecule has 0 aromatic carbocycles. The van der Waals surface area contributed by atoms with Crippen molar-refractivity contribution in [2.45, 2.75) is 58.8 Å². The highest BCUT2D eigenvalue weighted by Gasteiger charge is 2.36. The van der Waals surface area contributed by atoms with Gasteiger partial charge in [-0.15, -0.1) is 0 Å². The van der Waals surface area contributed by atoms with Crippen LogP contribution in [0.25, 0.3) is 0 Å². The van der Waals surface area contributed by atoms with E-state index in [0.29, 0.717) is 11.8 Å². The predicted octanol–water partition coefficient (Wildman–Crippen LogP) is 2.71. The Morgan fingerprint density at radius 1 is 1.22 bits per heavy atom. The summed E-state index contributed by atoms with van der Waals surface area (Å²) in [6.45, 7) is 6.35. The number of carbonyl (C=O) groups excluding carboxylic acids is 1. The van der Waals surface area contributed by atoms with Gasteiger partial charge in [0.25, 0.3) is 0 Å². The molecule has 1 rings (SSSR count). The number of rotatable bonds is 9. The molecule has 0 aliphatic heterocycles. The Morgan fingerprint density at radius 2 is 1.94 bits per heavy atom. The lowest BCUT2D eigenvalue weighted by molar-refractivity contribution is -0.122. The number of amides is 1. The molecule has 0 unspecified atom stereocenters. The van der Waals surface area contributed by atoms with Gasteiger partial charge in [-0.2, -0.15) is 0 Å². The maximum atomic E-state index is 11.7. The van der Waals surface area contributed by atoms with Crippen molar-refractivity contribution >= 4 is 5.91 Å². The second-order valence-electron chi connectivity index (χ2n) is 6.30. The number of hydrogen-bond acceptors (Lipinski definition) is 2. The molecule has 1 fully saturated rings. The minimum absolute atomic E-state index is 0.237. The van der Waals surface area contributed by atoms with Gasteiger partial charge in [-0.1, -0.05) is 33.1 Å². The lowest BCUT2D eigenvalue weighted by Gasteiger charge is -2.42. The van der Waals surface area contributed by atoms with Gasteiger partial charge in [0.15, 0.2) is 0 Å². The average molecular weight is 254 g/mol. The van der Waals surface area contributed by atoms with E-state index >= 15 is 0 Å². The summed E-state index contributed by atoms with van der Waals surface area (Å²) in [6.07, 6.45) is 7.95. The molecule has 2 N–H and O–H groups in total. The number of hydrogen-bond donors (Lipinski definition) is 2. The van der Waals surface area contributed by atoms with E-state index in [2.05, 4.69) is 24.5 Å². The monoisotopic (exact) mass is 254 g/mol. The van der Waals surface area contributed by atoms with Gasteiger partial charge in [0, 0.05) is 24.9 Å². The molecular formula is C15H30N2O. The maximum absolute atomic E-state index is 11.7. The zero-order valence-electron chi connectivity index (χ0n) is 12.3. The molecule has 1 aliphatic carbocycles. The Kier molecular flexibility index (Phi) is 6.69. The van der Waals surface area contributed by atoms with Gasteiger partial charge in [-0.25, -0.2) is 0 Å². The smallest absolute Gasteiger partial charge is 0.220 e. The molecule has 0 bridgehead atoms. The highest BCUT2D eigenvalue weighted by atomic mass is 16.1. The molecule has 3 heteroatoms. The van der Waals surface area contributed by atoms with Crippen molar-refractivity contribution in [3.05, 3.63) is 0 Å². The molecule has 0 aromatic heterocycles. The van der Waals surface area contributed by atoms with E-state index < -0.39 is 0 Å². The fraction of sp³-hybridized carbons (Fsp3) is 0.933. The van der Waals surface area contributed by atoms with Gasteiger partial charge in [-0.05, 0) is 32.2 Å². The topological polar surface area (TPSA) is 41.1 Å². The van der Waals surface area contributed by atoms with E-state index in [0.717, 1.165) is 25.4 Å². The summed E-state index contributed by atoms with van der Waals surface area (Å²) in [5, 5.41) is 6.37. The molecule has 0 radical (unpaired) electrons. The molecule has 0 heterocycles. The van der Waals surface area contributed by atoms with Crippen LogP contribution in [-0.2, 0) is 4.79 Å². The Hall–Kier alpha value is -0.570. The number of nitrogens with one attached hydrogen (secondary N) is 2. The molecule has 3 nitrogen and oxygen atoms in total. The van der Waals surface area contributed by atoms with Gasteiger partial charge < -0.3 is 10.6 Å². The molecule has 1 saturated carbocycles. The first kappa shape index (κ1) is 15.5. The third-order valence-corrected chi connectivity index (χ3v) is 4.06. The van der Waals surface area contributed by atoms with E-state index in [4.69, 9.17) is 0 Å². The normalized spacial score (nSPS) is 17.6. The molecule has 0 saturated heterocycles. The summed E-state index contributed by atoms with van der Waals surface area (Å²) in [4.78, 5) is 11.7. The summed E-state index contributed by atoms with van der Waals surface area (Å²) in [5.74, 6) is 0.989. The third kappa shape index (κ3) is 5.38. The van der Waals surface area contributed by atoms with Crippen LogP contribution in [-0.4, -0.2) is 26.0 Å². The van der Waals surface area contributed by atoms with Crippen molar-refractivity contribution < 1.29 is 4.79 Å². The lowest BCUT2D eigenvalue weighted by Crippen LogP contribution is -2.47. The lowest BCUT2D eigenvalue weighted by atomic mass is 9.68. The molecule has 0 atom stereocenters. The van der Waals surface area contributed by atoms with Crippen molar-refractivity contribution in [2.24, 2.45) is 11.3 Å². The largest absolute Gasteiger partial charge is 0.355 e. The fourth-order valence-electron chi connectivity index (χ4n) is 2.68. The van der Waals surface area contributed by atoms with E-state index in [9.17, 15) is 4.79 Å². The zero-order chi connectivity index (χ0) is 13.4. The summed E-state index contributed by atoms with van der Waals surface area (Å²) < 4.78 is 0. The second-order valence-corrected chi connectivity index (χ2v) is 6.30. The van der Waals surface area contributed by atoms with Gasteiger partial charge in [0.2, 0.25) is 5.91 Å². The van der Waals surface area contributed by atoms with Crippen LogP contribution in [0.4, 0.5) is 0 Å². The van der Waals surface area contributed by atoms with Gasteiger partial charge in [0.05, 0.1) is 0 Å². The minimum Gasteiger partial charge on any atom is -0.355 e. The Bertz CT molecular complexity index is 247. The molecule has 106 valence electrons. The quantitative estimate of drug-likeness (QED) is 0.621. The standard InChI is InChI=1S/C15H30N2O/c1-13(2)7-4-5-8-14(18)17-12-15(11-16-3)9-6-10-15/h13,16H,4-12H2,1-3H3,(H,17,18). The number of unbranched alkanes of at least 4 members (excludes halogenated alkanes) is 1. The van der Waals surface area contributed by atoms with E-state index in [1.165, 1.54) is 32.1 Å². The van der Waals surface area contributed by atoms with Crippen molar-refractivity contribution in [3.63, 3.8) is 0 Å². The molecule has 0 aromatic rings. The van der Waals surface area contributed by atoms with Crippen molar-refractivity contribution in [1.29, 1.82) is 0 Å². The summed E-state index contributed by atoms with van der Waals surface area (Å²) in [7, 11) is 1.99. The van der Waals surface area contributed by atoms with Crippen LogP contribution < -0.4 is 10.6 Å². The van der Waals surface area contributed by atoms with E-state index in [-0.39, 0.29) is 5.91 Å². The van der Waals surface area contributed by atoms with Crippen molar-refractivity contribution in [3.8, 4) is 0 Å². The van der Waals surface area contributed by atoms with Crippen LogP contribution in [0.2, 0.25) is 0 Å². The summed E-state index contributed by atoms with van der Waals surface area (Å²) in [6, 6.07) is 0. The van der Waals surface area contributed by atoms with Crippen molar-refractivity contribution in [1.82, 2.24) is 10.6 Å². The molecule has 1 amide bonds. The number of carbonyl (C=O) groups is 1. The van der Waals surface area contributed by atoms with Gasteiger partial charge >= 0.3 is 0 Å². The average Bonchev–Trinajstić information content (AvgIpc) is 2.27. The second kappa shape index (κ2) is 7.78. The van der Waals surface area contributed by atoms with Crippen LogP contribution in [0, 0.1) is 11.3 Å². The Balaban J connectivity index is 2.09. The van der Waals surface area contributed by atoms with Crippen LogP contribution in [0.5, 0.6) is 0 Å². The minimum atomic E-state index is 0.237. The van der Waals surface area contributed by atoms with E-state index in [1.807, 2.05) is 7.05 Å².